The van der Waals surface area contributed by atoms with Gasteiger partial charge in [0.2, 0.25) is 0 Å². The van der Waals surface area contributed by atoms with E-state index in [0.717, 1.165) is 39.5 Å². The first-order valence-electron chi connectivity index (χ1n) is 12.5. The summed E-state index contributed by atoms with van der Waals surface area (Å²) < 4.78 is 0. The van der Waals surface area contributed by atoms with Crippen LogP contribution in [0.25, 0.3) is 11.0 Å². The molecule has 6 rings (SSSR count). The minimum atomic E-state index is -0.667. The van der Waals surface area contributed by atoms with Gasteiger partial charge in [-0.15, -0.1) is 0 Å². The molecule has 6 heteroatoms. The van der Waals surface area contributed by atoms with E-state index in [0.29, 0.717) is 5.65 Å². The Balaban J connectivity index is 1.56. The fourth-order valence-corrected chi connectivity index (χ4v) is 4.98. The lowest BCUT2D eigenvalue weighted by atomic mass is 9.78. The van der Waals surface area contributed by atoms with Crippen molar-refractivity contribution in [1.29, 1.82) is 0 Å². The number of hydrogen-bond acceptors (Lipinski definition) is 6. The number of nitrogens with zero attached hydrogens (tertiary/aromatic N) is 6. The summed E-state index contributed by atoms with van der Waals surface area (Å²) in [7, 11) is 0. The SMILES string of the molecule is CC(c1ccccn1)(c1ccccn1)c1ccc2ccc(C(C)(c3ccccn3)c3ccccn3)nc2n1. The fraction of sp³-hybridized carbons (Fsp3) is 0.125. The molecule has 0 bridgehead atoms. The molecule has 0 aliphatic rings. The van der Waals surface area contributed by atoms with Crippen LogP contribution in [0.2, 0.25) is 0 Å². The zero-order valence-corrected chi connectivity index (χ0v) is 21.2. The summed E-state index contributed by atoms with van der Waals surface area (Å²) >= 11 is 0. The van der Waals surface area contributed by atoms with E-state index in [2.05, 4.69) is 26.0 Å². The number of pyridine rings is 6. The Bertz CT molecular complexity index is 1470. The van der Waals surface area contributed by atoms with Crippen LogP contribution < -0.4 is 0 Å². The summed E-state index contributed by atoms with van der Waals surface area (Å²) in [5, 5.41) is 0.950. The third kappa shape index (κ3) is 3.91. The highest BCUT2D eigenvalue weighted by molar-refractivity contribution is 5.76. The first-order valence-corrected chi connectivity index (χ1v) is 12.5. The third-order valence-electron chi connectivity index (χ3n) is 7.29. The van der Waals surface area contributed by atoms with Crippen molar-refractivity contribution in [3.05, 3.63) is 156 Å². The van der Waals surface area contributed by atoms with Crippen LogP contribution in [0, 0.1) is 0 Å². The largest absolute Gasteiger partial charge is 0.260 e. The molecule has 6 nitrogen and oxygen atoms in total. The predicted molar refractivity (Wildman–Crippen MR) is 148 cm³/mol. The molecule has 38 heavy (non-hydrogen) atoms. The zero-order chi connectivity index (χ0) is 26.0. The summed E-state index contributed by atoms with van der Waals surface area (Å²) in [4.78, 5) is 29.1. The molecule has 0 aromatic carbocycles. The highest BCUT2D eigenvalue weighted by atomic mass is 14.9. The van der Waals surface area contributed by atoms with Crippen LogP contribution in [0.5, 0.6) is 0 Å². The van der Waals surface area contributed by atoms with Crippen molar-refractivity contribution in [3.63, 3.8) is 0 Å². The van der Waals surface area contributed by atoms with Gasteiger partial charge in [0.1, 0.15) is 0 Å². The quantitative estimate of drug-likeness (QED) is 0.286. The second-order valence-electron chi connectivity index (χ2n) is 9.55. The first-order chi connectivity index (χ1) is 18.6. The van der Waals surface area contributed by atoms with Crippen molar-refractivity contribution < 1.29 is 0 Å². The molecule has 0 atom stereocenters. The van der Waals surface area contributed by atoms with Gasteiger partial charge in [-0.2, -0.15) is 0 Å². The molecular weight excluding hydrogens is 468 g/mol. The van der Waals surface area contributed by atoms with Gasteiger partial charge in [0.15, 0.2) is 5.65 Å². The molecular formula is C32H26N6. The van der Waals surface area contributed by atoms with E-state index >= 15 is 0 Å². The van der Waals surface area contributed by atoms with Gasteiger partial charge in [-0.25, -0.2) is 9.97 Å². The topological polar surface area (TPSA) is 77.3 Å². The zero-order valence-electron chi connectivity index (χ0n) is 21.2. The van der Waals surface area contributed by atoms with Crippen molar-refractivity contribution in [1.82, 2.24) is 29.9 Å². The second-order valence-corrected chi connectivity index (χ2v) is 9.55. The molecule has 0 aliphatic heterocycles. The number of aromatic nitrogens is 6. The fourth-order valence-electron chi connectivity index (χ4n) is 4.98. The lowest BCUT2D eigenvalue weighted by Crippen LogP contribution is -2.30. The molecule has 6 aromatic heterocycles. The third-order valence-corrected chi connectivity index (χ3v) is 7.29. The molecule has 0 spiro atoms. The molecule has 6 aromatic rings. The summed E-state index contributed by atoms with van der Waals surface area (Å²) in [6, 6.07) is 31.9. The summed E-state index contributed by atoms with van der Waals surface area (Å²) in [6.45, 7) is 4.23. The van der Waals surface area contributed by atoms with Gasteiger partial charge in [0.05, 0.1) is 45.0 Å². The Morgan fingerprint density at radius 1 is 0.395 bits per heavy atom. The van der Waals surface area contributed by atoms with Crippen molar-refractivity contribution in [3.8, 4) is 0 Å². The maximum Gasteiger partial charge on any atom is 0.159 e. The van der Waals surface area contributed by atoms with Crippen LogP contribution >= 0.6 is 0 Å². The van der Waals surface area contributed by atoms with E-state index in [1.807, 2.05) is 84.9 Å². The predicted octanol–water partition coefficient (Wildman–Crippen LogP) is 5.92. The Morgan fingerprint density at radius 3 is 1.03 bits per heavy atom. The average molecular weight is 495 g/mol. The summed E-state index contributed by atoms with van der Waals surface area (Å²) in [5.41, 5.74) is 4.44. The Kier molecular flexibility index (Phi) is 5.92. The van der Waals surface area contributed by atoms with Gasteiger partial charge in [-0.05, 0) is 86.6 Å². The first kappa shape index (κ1) is 23.6. The Labute approximate surface area is 221 Å². The standard InChI is InChI=1S/C32H26N6/c1-31(24-11-3-7-19-33-24,25-12-4-8-20-34-25)28-17-15-23-16-18-29(38-30(23)37-28)32(2,26-13-5-9-21-35-26)27-14-6-10-22-36-27/h3-22H,1-2H3. The molecule has 0 fully saturated rings. The van der Waals surface area contributed by atoms with Crippen molar-refractivity contribution in [2.75, 3.05) is 0 Å². The van der Waals surface area contributed by atoms with E-state index < -0.39 is 10.8 Å². The van der Waals surface area contributed by atoms with Gasteiger partial charge < -0.3 is 0 Å². The van der Waals surface area contributed by atoms with Crippen molar-refractivity contribution in [2.45, 2.75) is 24.7 Å². The van der Waals surface area contributed by atoms with Crippen LogP contribution in [-0.4, -0.2) is 29.9 Å². The van der Waals surface area contributed by atoms with Crippen LogP contribution in [-0.2, 0) is 10.8 Å². The number of rotatable bonds is 6. The molecule has 0 saturated carbocycles. The molecule has 0 saturated heterocycles. The summed E-state index contributed by atoms with van der Waals surface area (Å²) in [6.07, 6.45) is 7.22. The monoisotopic (exact) mass is 494 g/mol. The number of hydrogen-bond donors (Lipinski definition) is 0. The Morgan fingerprint density at radius 2 is 0.737 bits per heavy atom. The molecule has 0 N–H and O–H groups in total. The molecule has 0 unspecified atom stereocenters. The molecule has 0 aliphatic carbocycles. The van der Waals surface area contributed by atoms with Gasteiger partial charge in [-0.1, -0.05) is 24.3 Å². The highest BCUT2D eigenvalue weighted by Crippen LogP contribution is 2.38. The van der Waals surface area contributed by atoms with E-state index in [4.69, 9.17) is 29.9 Å². The van der Waals surface area contributed by atoms with Crippen LogP contribution in [0.3, 0.4) is 0 Å². The van der Waals surface area contributed by atoms with Crippen LogP contribution in [0.4, 0.5) is 0 Å². The van der Waals surface area contributed by atoms with E-state index in [9.17, 15) is 0 Å². The lowest BCUT2D eigenvalue weighted by Gasteiger charge is -2.29. The maximum atomic E-state index is 5.13. The minimum Gasteiger partial charge on any atom is -0.260 e. The minimum absolute atomic E-state index is 0.649. The summed E-state index contributed by atoms with van der Waals surface area (Å²) in [5.74, 6) is 0. The van der Waals surface area contributed by atoms with Crippen LogP contribution in [0.1, 0.15) is 48.0 Å². The lowest BCUT2D eigenvalue weighted by molar-refractivity contribution is 0.615. The van der Waals surface area contributed by atoms with E-state index in [1.165, 1.54) is 0 Å². The van der Waals surface area contributed by atoms with Gasteiger partial charge in [-0.3, -0.25) is 19.9 Å². The van der Waals surface area contributed by atoms with Gasteiger partial charge >= 0.3 is 0 Å². The van der Waals surface area contributed by atoms with Gasteiger partial charge in [0, 0.05) is 30.2 Å². The maximum absolute atomic E-state index is 5.13. The van der Waals surface area contributed by atoms with Crippen molar-refractivity contribution >= 4 is 11.0 Å². The van der Waals surface area contributed by atoms with Crippen LogP contribution in [0.15, 0.2) is 122 Å². The van der Waals surface area contributed by atoms with Gasteiger partial charge in [0.25, 0.3) is 0 Å². The normalized spacial score (nSPS) is 11.9. The molecule has 0 amide bonds. The van der Waals surface area contributed by atoms with E-state index in [-0.39, 0.29) is 0 Å². The number of fused-ring (bicyclic) bond motifs is 1. The van der Waals surface area contributed by atoms with E-state index in [1.54, 1.807) is 24.8 Å². The molecule has 6 heterocycles. The van der Waals surface area contributed by atoms with Crippen molar-refractivity contribution in [2.24, 2.45) is 0 Å². The average Bonchev–Trinajstić information content (AvgIpc) is 3.01. The smallest absolute Gasteiger partial charge is 0.159 e. The second kappa shape index (κ2) is 9.56. The molecule has 184 valence electrons. The Hall–Kier alpha value is -4.84. The molecule has 0 radical (unpaired) electrons. The highest BCUT2D eigenvalue weighted by Gasteiger charge is 2.37.